The Morgan fingerprint density at radius 3 is 2.30 bits per heavy atom. The van der Waals surface area contributed by atoms with Crippen molar-refractivity contribution in [2.75, 3.05) is 7.05 Å². The average molecular weight is 288 g/mol. The van der Waals surface area contributed by atoms with Gasteiger partial charge in [0.25, 0.3) is 0 Å². The van der Waals surface area contributed by atoms with Crippen LogP contribution >= 0.6 is 0 Å². The van der Waals surface area contributed by atoms with Crippen LogP contribution in [0.1, 0.15) is 16.7 Å². The molecule has 2 amide bonds. The third-order valence-corrected chi connectivity index (χ3v) is 2.55. The van der Waals surface area contributed by atoms with Crippen LogP contribution in [0.5, 0.6) is 0 Å². The fraction of sp³-hybridized carbons (Fsp3) is 0.385. The van der Waals surface area contributed by atoms with E-state index in [0.717, 1.165) is 5.56 Å². The predicted octanol–water partition coefficient (Wildman–Crippen LogP) is 1.46. The SMILES string of the molecule is CNC(=O)Cc1cc(C)cc(CNC(=O)C(F)(F)F)c1. The topological polar surface area (TPSA) is 58.2 Å². The van der Waals surface area contributed by atoms with Gasteiger partial charge in [0.2, 0.25) is 5.91 Å². The molecule has 2 N–H and O–H groups in total. The van der Waals surface area contributed by atoms with Crippen molar-refractivity contribution in [3.05, 3.63) is 34.9 Å². The van der Waals surface area contributed by atoms with E-state index in [1.807, 2.05) is 0 Å². The molecule has 0 fully saturated rings. The quantitative estimate of drug-likeness (QED) is 0.881. The van der Waals surface area contributed by atoms with Crippen LogP contribution in [0.15, 0.2) is 18.2 Å². The van der Waals surface area contributed by atoms with Gasteiger partial charge in [0.15, 0.2) is 0 Å². The molecule has 0 saturated carbocycles. The second-order valence-electron chi connectivity index (χ2n) is 4.36. The number of benzene rings is 1. The van der Waals surface area contributed by atoms with Gasteiger partial charge in [-0.3, -0.25) is 9.59 Å². The zero-order valence-corrected chi connectivity index (χ0v) is 11.1. The Bertz CT molecular complexity index is 513. The van der Waals surface area contributed by atoms with Crippen LogP contribution in [0.2, 0.25) is 0 Å². The van der Waals surface area contributed by atoms with Crippen LogP contribution in [0.25, 0.3) is 0 Å². The van der Waals surface area contributed by atoms with Crippen molar-refractivity contribution < 1.29 is 22.8 Å². The number of amides is 2. The van der Waals surface area contributed by atoms with E-state index in [0.29, 0.717) is 11.1 Å². The number of hydrogen-bond donors (Lipinski definition) is 2. The smallest absolute Gasteiger partial charge is 0.359 e. The first-order valence-electron chi connectivity index (χ1n) is 5.87. The van der Waals surface area contributed by atoms with E-state index in [-0.39, 0.29) is 18.9 Å². The zero-order chi connectivity index (χ0) is 15.3. The summed E-state index contributed by atoms with van der Waals surface area (Å²) in [5.41, 5.74) is 2.00. The number of alkyl halides is 3. The van der Waals surface area contributed by atoms with E-state index in [2.05, 4.69) is 5.32 Å². The van der Waals surface area contributed by atoms with Crippen LogP contribution in [0, 0.1) is 6.92 Å². The Labute approximate surface area is 114 Å². The minimum Gasteiger partial charge on any atom is -0.359 e. The molecule has 0 unspecified atom stereocenters. The molecule has 0 radical (unpaired) electrons. The summed E-state index contributed by atoms with van der Waals surface area (Å²) in [7, 11) is 1.50. The Kier molecular flexibility index (Phi) is 5.12. The second-order valence-corrected chi connectivity index (χ2v) is 4.36. The molecule has 0 spiro atoms. The third kappa shape index (κ3) is 4.91. The lowest BCUT2D eigenvalue weighted by molar-refractivity contribution is -0.173. The van der Waals surface area contributed by atoms with Crippen LogP contribution < -0.4 is 10.6 Å². The maximum Gasteiger partial charge on any atom is 0.471 e. The van der Waals surface area contributed by atoms with Crippen LogP contribution in [-0.4, -0.2) is 25.0 Å². The molecule has 1 aromatic rings. The highest BCUT2D eigenvalue weighted by atomic mass is 19.4. The number of nitrogens with one attached hydrogen (secondary N) is 2. The lowest BCUT2D eigenvalue weighted by Crippen LogP contribution is -2.36. The molecule has 7 heteroatoms. The van der Waals surface area contributed by atoms with Gasteiger partial charge in [-0.05, 0) is 18.1 Å². The summed E-state index contributed by atoms with van der Waals surface area (Å²) in [5, 5.41) is 4.26. The number of aryl methyl sites for hydroxylation is 1. The first-order valence-corrected chi connectivity index (χ1v) is 5.87. The van der Waals surface area contributed by atoms with Crippen LogP contribution in [0.3, 0.4) is 0 Å². The number of likely N-dealkylation sites (N-methyl/N-ethyl adjacent to an activating group) is 1. The van der Waals surface area contributed by atoms with Gasteiger partial charge in [-0.25, -0.2) is 0 Å². The minimum absolute atomic E-state index is 0.137. The van der Waals surface area contributed by atoms with Crippen molar-refractivity contribution in [3.63, 3.8) is 0 Å². The van der Waals surface area contributed by atoms with Gasteiger partial charge in [-0.1, -0.05) is 23.8 Å². The number of halogens is 3. The van der Waals surface area contributed by atoms with Crippen molar-refractivity contribution in [3.8, 4) is 0 Å². The largest absolute Gasteiger partial charge is 0.471 e. The van der Waals surface area contributed by atoms with Gasteiger partial charge < -0.3 is 10.6 Å². The van der Waals surface area contributed by atoms with E-state index < -0.39 is 12.1 Å². The van der Waals surface area contributed by atoms with Crippen LogP contribution in [0.4, 0.5) is 13.2 Å². The Morgan fingerprint density at radius 2 is 1.75 bits per heavy atom. The summed E-state index contributed by atoms with van der Waals surface area (Å²) in [5.74, 6) is -2.17. The highest BCUT2D eigenvalue weighted by Gasteiger charge is 2.38. The van der Waals surface area contributed by atoms with Crippen molar-refractivity contribution in [2.24, 2.45) is 0 Å². The van der Waals surface area contributed by atoms with E-state index in [4.69, 9.17) is 0 Å². The number of rotatable bonds is 4. The molecule has 0 aliphatic carbocycles. The summed E-state index contributed by atoms with van der Waals surface area (Å²) >= 11 is 0. The van der Waals surface area contributed by atoms with Gasteiger partial charge in [0.05, 0.1) is 6.42 Å². The number of carbonyl (C=O) groups is 2. The summed E-state index contributed by atoms with van der Waals surface area (Å²) in [4.78, 5) is 22.0. The molecule has 1 aromatic carbocycles. The molecule has 0 saturated heterocycles. The molecule has 20 heavy (non-hydrogen) atoms. The molecular weight excluding hydrogens is 273 g/mol. The fourth-order valence-corrected chi connectivity index (χ4v) is 1.71. The van der Waals surface area contributed by atoms with Crippen LogP contribution in [-0.2, 0) is 22.6 Å². The Balaban J connectivity index is 2.76. The normalized spacial score (nSPS) is 11.1. The van der Waals surface area contributed by atoms with Crippen molar-refractivity contribution in [1.82, 2.24) is 10.6 Å². The summed E-state index contributed by atoms with van der Waals surface area (Å²) in [6, 6.07) is 5.02. The van der Waals surface area contributed by atoms with Gasteiger partial charge in [-0.15, -0.1) is 0 Å². The average Bonchev–Trinajstić information content (AvgIpc) is 2.33. The molecule has 0 aromatic heterocycles. The molecule has 0 bridgehead atoms. The first-order chi connectivity index (χ1) is 9.22. The molecule has 0 aliphatic heterocycles. The summed E-state index contributed by atoms with van der Waals surface area (Å²) in [6.07, 6.45) is -4.76. The van der Waals surface area contributed by atoms with E-state index >= 15 is 0 Å². The third-order valence-electron chi connectivity index (χ3n) is 2.55. The predicted molar refractivity (Wildman–Crippen MR) is 66.9 cm³/mol. The molecule has 0 heterocycles. The highest BCUT2D eigenvalue weighted by Crippen LogP contribution is 2.15. The minimum atomic E-state index is -4.89. The molecule has 0 atom stereocenters. The number of carbonyl (C=O) groups excluding carboxylic acids is 2. The van der Waals surface area contributed by atoms with Gasteiger partial charge in [-0.2, -0.15) is 13.2 Å². The Morgan fingerprint density at radius 1 is 1.15 bits per heavy atom. The standard InChI is InChI=1S/C13H15F3N2O2/c1-8-3-9(6-11(19)17-2)5-10(4-8)7-18-12(20)13(14,15)16/h3-5H,6-7H2,1-2H3,(H,17,19)(H,18,20). The van der Waals surface area contributed by atoms with Crippen molar-refractivity contribution >= 4 is 11.8 Å². The monoisotopic (exact) mass is 288 g/mol. The highest BCUT2D eigenvalue weighted by molar-refractivity contribution is 5.81. The second kappa shape index (κ2) is 6.40. The van der Waals surface area contributed by atoms with Crippen molar-refractivity contribution in [1.29, 1.82) is 0 Å². The fourth-order valence-electron chi connectivity index (χ4n) is 1.71. The van der Waals surface area contributed by atoms with E-state index in [1.54, 1.807) is 30.4 Å². The zero-order valence-electron chi connectivity index (χ0n) is 11.1. The van der Waals surface area contributed by atoms with Gasteiger partial charge in [0, 0.05) is 13.6 Å². The van der Waals surface area contributed by atoms with E-state index in [9.17, 15) is 22.8 Å². The molecule has 1 rings (SSSR count). The van der Waals surface area contributed by atoms with Gasteiger partial charge in [0.1, 0.15) is 0 Å². The molecule has 0 aliphatic rings. The first kappa shape index (κ1) is 16.0. The van der Waals surface area contributed by atoms with Crippen molar-refractivity contribution in [2.45, 2.75) is 26.1 Å². The van der Waals surface area contributed by atoms with E-state index in [1.165, 1.54) is 7.05 Å². The Hall–Kier alpha value is -2.05. The maximum absolute atomic E-state index is 12.1. The maximum atomic E-state index is 12.1. The lowest BCUT2D eigenvalue weighted by Gasteiger charge is -2.10. The van der Waals surface area contributed by atoms with Gasteiger partial charge >= 0.3 is 12.1 Å². The lowest BCUT2D eigenvalue weighted by atomic mass is 10.0. The summed E-state index contributed by atoms with van der Waals surface area (Å²) in [6.45, 7) is 1.53. The molecular formula is C13H15F3N2O2. The molecule has 110 valence electrons. The number of hydrogen-bond acceptors (Lipinski definition) is 2. The molecule has 4 nitrogen and oxygen atoms in total. The summed E-state index contributed by atoms with van der Waals surface area (Å²) < 4.78 is 36.2.